The van der Waals surface area contributed by atoms with Crippen molar-refractivity contribution in [1.82, 2.24) is 15.3 Å². The Hall–Kier alpha value is -2.33. The molecule has 3 aromatic rings. The molecule has 20 heavy (non-hydrogen) atoms. The van der Waals surface area contributed by atoms with Crippen LogP contribution < -0.4 is 10.1 Å². The molecule has 0 spiro atoms. The van der Waals surface area contributed by atoms with Crippen molar-refractivity contribution in [2.24, 2.45) is 0 Å². The Labute approximate surface area is 117 Å². The second-order valence-electron chi connectivity index (χ2n) is 4.70. The molecule has 1 aromatic heterocycles. The Morgan fingerprint density at radius 3 is 2.75 bits per heavy atom. The molecule has 102 valence electrons. The normalized spacial score (nSPS) is 10.9. The fraction of sp³-hybridized carbons (Fsp3) is 0.188. The molecule has 0 aliphatic heterocycles. The molecule has 4 heteroatoms. The van der Waals surface area contributed by atoms with Gasteiger partial charge in [0.25, 0.3) is 0 Å². The standard InChI is InChI=1S/C16H17N3O/c1-17-10-16-18-9-15(19-16)13-4-3-12-8-14(20-2)6-5-11(12)7-13/h3-9,17H,10H2,1-2H3,(H,18,19). The number of H-pyrrole nitrogens is 1. The first-order valence-electron chi connectivity index (χ1n) is 6.57. The molecule has 0 atom stereocenters. The molecule has 2 aromatic carbocycles. The van der Waals surface area contributed by atoms with Crippen LogP contribution in [0.2, 0.25) is 0 Å². The SMILES string of the molecule is CNCc1ncc(-c2ccc3cc(OC)ccc3c2)[nH]1. The Bertz CT molecular complexity index is 733. The van der Waals surface area contributed by atoms with Crippen LogP contribution in [0.4, 0.5) is 0 Å². The van der Waals surface area contributed by atoms with Crippen molar-refractivity contribution in [3.8, 4) is 17.0 Å². The van der Waals surface area contributed by atoms with E-state index in [4.69, 9.17) is 4.74 Å². The molecule has 0 radical (unpaired) electrons. The van der Waals surface area contributed by atoms with Crippen molar-refractivity contribution in [3.63, 3.8) is 0 Å². The maximum absolute atomic E-state index is 5.24. The van der Waals surface area contributed by atoms with Crippen molar-refractivity contribution < 1.29 is 4.74 Å². The van der Waals surface area contributed by atoms with Crippen LogP contribution >= 0.6 is 0 Å². The van der Waals surface area contributed by atoms with Crippen molar-refractivity contribution >= 4 is 10.8 Å². The number of fused-ring (bicyclic) bond motifs is 1. The number of imidazole rings is 1. The molecule has 0 fully saturated rings. The van der Waals surface area contributed by atoms with E-state index in [1.54, 1.807) is 7.11 Å². The summed E-state index contributed by atoms with van der Waals surface area (Å²) in [5.41, 5.74) is 2.17. The van der Waals surface area contributed by atoms with Gasteiger partial charge in [0.2, 0.25) is 0 Å². The number of aromatic amines is 1. The van der Waals surface area contributed by atoms with E-state index in [0.717, 1.165) is 29.4 Å². The van der Waals surface area contributed by atoms with Gasteiger partial charge in [-0.25, -0.2) is 4.98 Å². The van der Waals surface area contributed by atoms with Gasteiger partial charge < -0.3 is 15.0 Å². The minimum Gasteiger partial charge on any atom is -0.497 e. The summed E-state index contributed by atoms with van der Waals surface area (Å²) >= 11 is 0. The zero-order chi connectivity index (χ0) is 13.9. The lowest BCUT2D eigenvalue weighted by atomic mass is 10.1. The van der Waals surface area contributed by atoms with E-state index in [2.05, 4.69) is 39.6 Å². The summed E-state index contributed by atoms with van der Waals surface area (Å²) in [6.45, 7) is 0.741. The van der Waals surface area contributed by atoms with E-state index in [-0.39, 0.29) is 0 Å². The largest absolute Gasteiger partial charge is 0.497 e. The molecular weight excluding hydrogens is 250 g/mol. The maximum atomic E-state index is 5.24. The smallest absolute Gasteiger partial charge is 0.120 e. The Kier molecular flexibility index (Phi) is 3.39. The van der Waals surface area contributed by atoms with E-state index in [9.17, 15) is 0 Å². The van der Waals surface area contributed by atoms with E-state index < -0.39 is 0 Å². The summed E-state index contributed by atoms with van der Waals surface area (Å²) in [4.78, 5) is 7.67. The van der Waals surface area contributed by atoms with Crippen LogP contribution in [-0.2, 0) is 6.54 Å². The van der Waals surface area contributed by atoms with Gasteiger partial charge in [0.1, 0.15) is 11.6 Å². The summed E-state index contributed by atoms with van der Waals surface area (Å²) in [5, 5.41) is 5.44. The monoisotopic (exact) mass is 267 g/mol. The molecular formula is C16H17N3O. The number of hydrogen-bond acceptors (Lipinski definition) is 3. The van der Waals surface area contributed by atoms with Gasteiger partial charge in [-0.15, -0.1) is 0 Å². The van der Waals surface area contributed by atoms with Crippen molar-refractivity contribution in [3.05, 3.63) is 48.4 Å². The Balaban J connectivity index is 1.99. The van der Waals surface area contributed by atoms with E-state index in [1.165, 1.54) is 10.8 Å². The first kappa shape index (κ1) is 12.7. The number of aromatic nitrogens is 2. The minimum absolute atomic E-state index is 0.741. The first-order valence-corrected chi connectivity index (χ1v) is 6.57. The second kappa shape index (κ2) is 5.35. The highest BCUT2D eigenvalue weighted by Crippen LogP contribution is 2.26. The number of rotatable bonds is 4. The number of methoxy groups -OCH3 is 1. The van der Waals surface area contributed by atoms with Gasteiger partial charge in [0.15, 0.2) is 0 Å². The molecule has 0 aliphatic rings. The van der Waals surface area contributed by atoms with Crippen LogP contribution in [0.3, 0.4) is 0 Å². The highest BCUT2D eigenvalue weighted by Gasteiger charge is 2.04. The summed E-state index contributed by atoms with van der Waals surface area (Å²) < 4.78 is 5.24. The molecule has 0 saturated heterocycles. The molecule has 0 saturated carbocycles. The zero-order valence-corrected chi connectivity index (χ0v) is 11.6. The minimum atomic E-state index is 0.741. The maximum Gasteiger partial charge on any atom is 0.120 e. The number of nitrogens with zero attached hydrogens (tertiary/aromatic N) is 1. The summed E-state index contributed by atoms with van der Waals surface area (Å²) in [7, 11) is 3.59. The quantitative estimate of drug-likeness (QED) is 0.764. The van der Waals surface area contributed by atoms with E-state index >= 15 is 0 Å². The average Bonchev–Trinajstić information content (AvgIpc) is 2.95. The molecule has 0 aliphatic carbocycles. The third-order valence-electron chi connectivity index (χ3n) is 3.33. The third-order valence-corrected chi connectivity index (χ3v) is 3.33. The highest BCUT2D eigenvalue weighted by molar-refractivity contribution is 5.87. The molecule has 0 unspecified atom stereocenters. The van der Waals surface area contributed by atoms with Gasteiger partial charge in [0.05, 0.1) is 25.5 Å². The number of benzene rings is 2. The second-order valence-corrected chi connectivity index (χ2v) is 4.70. The lowest BCUT2D eigenvalue weighted by Gasteiger charge is -2.04. The lowest BCUT2D eigenvalue weighted by Crippen LogP contribution is -2.06. The molecule has 2 N–H and O–H groups in total. The van der Waals surface area contributed by atoms with Gasteiger partial charge in [-0.2, -0.15) is 0 Å². The summed E-state index contributed by atoms with van der Waals surface area (Å²) in [5.74, 6) is 1.82. The highest BCUT2D eigenvalue weighted by atomic mass is 16.5. The van der Waals surface area contributed by atoms with Gasteiger partial charge in [-0.1, -0.05) is 18.2 Å². The Morgan fingerprint density at radius 2 is 1.95 bits per heavy atom. The van der Waals surface area contributed by atoms with Crippen molar-refractivity contribution in [2.75, 3.05) is 14.2 Å². The molecule has 4 nitrogen and oxygen atoms in total. The Morgan fingerprint density at radius 1 is 1.15 bits per heavy atom. The van der Waals surface area contributed by atoms with E-state index in [0.29, 0.717) is 0 Å². The summed E-state index contributed by atoms with van der Waals surface area (Å²) in [6, 6.07) is 12.4. The topological polar surface area (TPSA) is 49.9 Å². The molecule has 0 bridgehead atoms. The lowest BCUT2D eigenvalue weighted by molar-refractivity contribution is 0.415. The van der Waals surface area contributed by atoms with Crippen molar-refractivity contribution in [2.45, 2.75) is 6.54 Å². The molecule has 3 rings (SSSR count). The fourth-order valence-corrected chi connectivity index (χ4v) is 2.28. The van der Waals surface area contributed by atoms with Crippen LogP contribution in [0, 0.1) is 0 Å². The van der Waals surface area contributed by atoms with E-state index in [1.807, 2.05) is 25.4 Å². The van der Waals surface area contributed by atoms with Crippen LogP contribution in [0.25, 0.3) is 22.0 Å². The predicted molar refractivity (Wildman–Crippen MR) is 80.8 cm³/mol. The van der Waals surface area contributed by atoms with Gasteiger partial charge >= 0.3 is 0 Å². The molecule has 0 amide bonds. The number of hydrogen-bond donors (Lipinski definition) is 2. The zero-order valence-electron chi connectivity index (χ0n) is 11.6. The van der Waals surface area contributed by atoms with Crippen LogP contribution in [-0.4, -0.2) is 24.1 Å². The average molecular weight is 267 g/mol. The van der Waals surface area contributed by atoms with Gasteiger partial charge in [0, 0.05) is 5.56 Å². The third kappa shape index (κ3) is 2.38. The predicted octanol–water partition coefficient (Wildman–Crippen LogP) is 2.96. The fourth-order valence-electron chi connectivity index (χ4n) is 2.28. The molecule has 1 heterocycles. The van der Waals surface area contributed by atoms with Crippen molar-refractivity contribution in [1.29, 1.82) is 0 Å². The van der Waals surface area contributed by atoms with Crippen LogP contribution in [0.1, 0.15) is 5.82 Å². The van der Waals surface area contributed by atoms with Crippen LogP contribution in [0.5, 0.6) is 5.75 Å². The summed E-state index contributed by atoms with van der Waals surface area (Å²) in [6.07, 6.45) is 1.87. The number of nitrogens with one attached hydrogen (secondary N) is 2. The van der Waals surface area contributed by atoms with Gasteiger partial charge in [-0.3, -0.25) is 0 Å². The first-order chi connectivity index (χ1) is 9.80. The van der Waals surface area contributed by atoms with Gasteiger partial charge in [-0.05, 0) is 36.0 Å². The number of ether oxygens (including phenoxy) is 1. The van der Waals surface area contributed by atoms with Crippen LogP contribution in [0.15, 0.2) is 42.6 Å².